The highest BCUT2D eigenvalue weighted by Crippen LogP contribution is 2.31. The molecule has 0 aliphatic rings. The molecule has 0 saturated heterocycles. The molecule has 16 heavy (non-hydrogen) atoms. The lowest BCUT2D eigenvalue weighted by molar-refractivity contribution is -0.121. The first-order chi connectivity index (χ1) is 7.23. The van der Waals surface area contributed by atoms with E-state index >= 15 is 0 Å². The van der Waals surface area contributed by atoms with Gasteiger partial charge < -0.3 is 5.09 Å². The zero-order chi connectivity index (χ0) is 12.4. The van der Waals surface area contributed by atoms with Crippen molar-refractivity contribution in [2.75, 3.05) is 0 Å². The van der Waals surface area contributed by atoms with Crippen LogP contribution >= 0.6 is 19.1 Å². The van der Waals surface area contributed by atoms with Gasteiger partial charge in [0.1, 0.15) is 4.75 Å². The number of carbonyl (C=O) groups is 1. The average molecular weight is 275 g/mol. The Hall–Kier alpha value is -0.390. The van der Waals surface area contributed by atoms with Gasteiger partial charge in [0.2, 0.25) is 5.91 Å². The molecule has 0 fully saturated rings. The third kappa shape index (κ3) is 3.57. The van der Waals surface area contributed by atoms with Gasteiger partial charge in [-0.15, -0.1) is 0 Å². The third-order valence-corrected chi connectivity index (χ3v) is 3.34. The number of nitrogens with two attached hydrogens (primary N) is 2. The van der Waals surface area contributed by atoms with Crippen LogP contribution in [0, 0.1) is 0 Å². The van der Waals surface area contributed by atoms with E-state index < -0.39 is 11.2 Å². The zero-order valence-corrected chi connectivity index (χ0v) is 11.4. The SMILES string of the molecule is CC(S)(C(=O)NP(N)(N)=S)c1ccccc1. The second-order valence-electron chi connectivity index (χ2n) is 3.59. The maximum absolute atomic E-state index is 11.9. The van der Waals surface area contributed by atoms with Crippen LogP contribution in [-0.4, -0.2) is 5.91 Å². The molecule has 4 nitrogen and oxygen atoms in total. The molecule has 0 spiro atoms. The highest BCUT2D eigenvalue weighted by molar-refractivity contribution is 8.11. The first kappa shape index (κ1) is 13.7. The fourth-order valence-corrected chi connectivity index (χ4v) is 2.24. The molecule has 1 rings (SSSR count). The van der Waals surface area contributed by atoms with Crippen molar-refractivity contribution in [3.63, 3.8) is 0 Å². The van der Waals surface area contributed by atoms with Crippen molar-refractivity contribution in [2.24, 2.45) is 11.0 Å². The van der Waals surface area contributed by atoms with Crippen LogP contribution in [0.2, 0.25) is 0 Å². The number of hydrogen-bond acceptors (Lipinski definition) is 3. The molecule has 0 bridgehead atoms. The Balaban J connectivity index is 2.95. The lowest BCUT2D eigenvalue weighted by atomic mass is 10.00. The Kier molecular flexibility index (Phi) is 4.15. The van der Waals surface area contributed by atoms with E-state index in [-0.39, 0.29) is 5.91 Å². The van der Waals surface area contributed by atoms with Crippen molar-refractivity contribution >= 4 is 36.8 Å². The van der Waals surface area contributed by atoms with Gasteiger partial charge in [-0.25, -0.2) is 0 Å². The first-order valence-corrected chi connectivity index (χ1v) is 7.90. The van der Waals surface area contributed by atoms with Gasteiger partial charge in [-0.1, -0.05) is 30.3 Å². The summed E-state index contributed by atoms with van der Waals surface area (Å²) in [7, 11) is 0. The van der Waals surface area contributed by atoms with Crippen LogP contribution in [0.3, 0.4) is 0 Å². The van der Waals surface area contributed by atoms with Crippen LogP contribution in [-0.2, 0) is 21.3 Å². The molecule has 0 aliphatic heterocycles. The summed E-state index contributed by atoms with van der Waals surface area (Å²) in [4.78, 5) is 11.9. The highest BCUT2D eigenvalue weighted by Gasteiger charge is 2.32. The van der Waals surface area contributed by atoms with E-state index in [0.29, 0.717) is 0 Å². The van der Waals surface area contributed by atoms with Crippen LogP contribution in [0.15, 0.2) is 30.3 Å². The Morgan fingerprint density at radius 2 is 1.94 bits per heavy atom. The quantitative estimate of drug-likeness (QED) is 0.492. The molecule has 1 aromatic rings. The Labute approximate surface area is 105 Å². The zero-order valence-electron chi connectivity index (χ0n) is 8.75. The van der Waals surface area contributed by atoms with E-state index in [2.05, 4.69) is 17.7 Å². The molecule has 0 aliphatic carbocycles. The van der Waals surface area contributed by atoms with E-state index in [1.807, 2.05) is 30.3 Å². The molecule has 0 aromatic heterocycles. The van der Waals surface area contributed by atoms with Crippen molar-refractivity contribution in [3.8, 4) is 0 Å². The molecule has 1 atom stereocenters. The molecular weight excluding hydrogens is 261 g/mol. The number of benzene rings is 1. The van der Waals surface area contributed by atoms with Gasteiger partial charge in [-0.05, 0) is 24.3 Å². The number of nitrogens with one attached hydrogen (secondary N) is 1. The third-order valence-electron chi connectivity index (χ3n) is 2.05. The topological polar surface area (TPSA) is 81.1 Å². The minimum absolute atomic E-state index is 0.379. The summed E-state index contributed by atoms with van der Waals surface area (Å²) in [5.74, 6) is -0.379. The van der Waals surface area contributed by atoms with Crippen molar-refractivity contribution in [3.05, 3.63) is 35.9 Å². The largest absolute Gasteiger partial charge is 0.304 e. The van der Waals surface area contributed by atoms with Crippen LogP contribution in [0.25, 0.3) is 0 Å². The van der Waals surface area contributed by atoms with Gasteiger partial charge in [0, 0.05) is 0 Å². The monoisotopic (exact) mass is 275 g/mol. The highest BCUT2D eigenvalue weighted by atomic mass is 32.4. The standard InChI is InChI=1S/C9H14N3OPS2/c1-9(15,7-5-3-2-4-6-7)8(13)12-14(10,11)16/h2-6,15H,1H3,(H5,10,11,12,13,16). The molecule has 88 valence electrons. The van der Waals surface area contributed by atoms with Crippen molar-refractivity contribution < 1.29 is 4.79 Å². The van der Waals surface area contributed by atoms with E-state index in [1.165, 1.54) is 0 Å². The molecule has 1 amide bonds. The number of carbonyl (C=O) groups excluding carboxylic acids is 1. The predicted molar refractivity (Wildman–Crippen MR) is 73.6 cm³/mol. The fourth-order valence-electron chi connectivity index (χ4n) is 1.16. The van der Waals surface area contributed by atoms with Gasteiger partial charge >= 0.3 is 0 Å². The van der Waals surface area contributed by atoms with Crippen LogP contribution in [0.1, 0.15) is 12.5 Å². The van der Waals surface area contributed by atoms with Crippen LogP contribution < -0.4 is 16.1 Å². The summed E-state index contributed by atoms with van der Waals surface area (Å²) in [6, 6.07) is 9.14. The van der Waals surface area contributed by atoms with Gasteiger partial charge in [0.15, 0.2) is 6.49 Å². The lowest BCUT2D eigenvalue weighted by Crippen LogP contribution is -2.39. The van der Waals surface area contributed by atoms with E-state index in [4.69, 9.17) is 22.8 Å². The number of rotatable bonds is 3. The van der Waals surface area contributed by atoms with Crippen molar-refractivity contribution in [2.45, 2.75) is 11.7 Å². The Morgan fingerprint density at radius 3 is 2.38 bits per heavy atom. The second kappa shape index (κ2) is 4.85. The van der Waals surface area contributed by atoms with Gasteiger partial charge in [0.25, 0.3) is 0 Å². The summed E-state index contributed by atoms with van der Waals surface area (Å²) in [5, 5.41) is 2.42. The van der Waals surface area contributed by atoms with Crippen molar-refractivity contribution in [1.82, 2.24) is 5.09 Å². The minimum Gasteiger partial charge on any atom is -0.304 e. The predicted octanol–water partition coefficient (Wildman–Crippen LogP) is 1.09. The summed E-state index contributed by atoms with van der Waals surface area (Å²) in [6.45, 7) is -1.08. The molecule has 0 radical (unpaired) electrons. The van der Waals surface area contributed by atoms with Crippen molar-refractivity contribution in [1.29, 1.82) is 0 Å². The van der Waals surface area contributed by atoms with Crippen LogP contribution in [0.5, 0.6) is 0 Å². The molecule has 5 N–H and O–H groups in total. The Morgan fingerprint density at radius 1 is 1.44 bits per heavy atom. The maximum atomic E-state index is 11.9. The number of amides is 1. The molecule has 7 heteroatoms. The molecule has 1 aromatic carbocycles. The maximum Gasteiger partial charge on any atom is 0.245 e. The van der Waals surface area contributed by atoms with E-state index in [1.54, 1.807) is 6.92 Å². The molecular formula is C9H14N3OPS2. The summed E-state index contributed by atoms with van der Waals surface area (Å²) < 4.78 is -0.996. The summed E-state index contributed by atoms with van der Waals surface area (Å²) in [5.41, 5.74) is 11.7. The normalized spacial score (nSPS) is 15.2. The summed E-state index contributed by atoms with van der Waals surface area (Å²) >= 11 is 9.11. The lowest BCUT2D eigenvalue weighted by Gasteiger charge is -2.25. The second-order valence-corrected chi connectivity index (χ2v) is 7.94. The van der Waals surface area contributed by atoms with E-state index in [0.717, 1.165) is 5.56 Å². The minimum atomic E-state index is -2.75. The first-order valence-electron chi connectivity index (χ1n) is 4.51. The molecule has 0 saturated carbocycles. The molecule has 0 heterocycles. The smallest absolute Gasteiger partial charge is 0.245 e. The van der Waals surface area contributed by atoms with Gasteiger partial charge in [-0.3, -0.25) is 15.8 Å². The number of thiol groups is 1. The average Bonchev–Trinajstić information content (AvgIpc) is 2.16. The van der Waals surface area contributed by atoms with E-state index in [9.17, 15) is 4.79 Å². The fraction of sp³-hybridized carbons (Fsp3) is 0.222. The van der Waals surface area contributed by atoms with Gasteiger partial charge in [0.05, 0.1) is 0 Å². The van der Waals surface area contributed by atoms with Crippen LogP contribution in [0.4, 0.5) is 0 Å². The Bertz CT molecular complexity index is 430. The summed E-state index contributed by atoms with van der Waals surface area (Å²) in [6.07, 6.45) is 0. The molecule has 1 unspecified atom stereocenters. The van der Waals surface area contributed by atoms with Gasteiger partial charge in [-0.2, -0.15) is 12.6 Å². The number of hydrogen-bond donors (Lipinski definition) is 4.